The molecule has 1 aliphatic rings. The highest BCUT2D eigenvalue weighted by atomic mass is 32.2. The molecular formula is C16H19FN4OS2. The average Bonchev–Trinajstić information content (AvgIpc) is 2.98. The molecule has 1 amide bonds. The SMILES string of the molecule is Cc1nnc(SCC(=O)N2CCC[C@@H](Nc3cccc(F)c3)C2)s1. The number of aryl methyl sites for hydroxylation is 1. The molecule has 5 nitrogen and oxygen atoms in total. The average molecular weight is 366 g/mol. The zero-order chi connectivity index (χ0) is 16.9. The molecule has 1 atom stereocenters. The number of anilines is 1. The van der Waals surface area contributed by atoms with Crippen molar-refractivity contribution in [2.75, 3.05) is 24.2 Å². The number of aromatic nitrogens is 2. The Morgan fingerprint density at radius 2 is 2.38 bits per heavy atom. The summed E-state index contributed by atoms with van der Waals surface area (Å²) >= 11 is 2.94. The van der Waals surface area contributed by atoms with E-state index < -0.39 is 0 Å². The normalized spacial score (nSPS) is 17.8. The van der Waals surface area contributed by atoms with Crippen molar-refractivity contribution in [1.29, 1.82) is 0 Å². The molecule has 0 saturated carbocycles. The van der Waals surface area contributed by atoms with Gasteiger partial charge in [0.1, 0.15) is 10.8 Å². The summed E-state index contributed by atoms with van der Waals surface area (Å²) in [5, 5.41) is 12.2. The van der Waals surface area contributed by atoms with E-state index in [9.17, 15) is 9.18 Å². The third-order valence-corrected chi connectivity index (χ3v) is 5.75. The number of hydrogen-bond donors (Lipinski definition) is 1. The Morgan fingerprint density at radius 1 is 1.50 bits per heavy atom. The number of carbonyl (C=O) groups is 1. The van der Waals surface area contributed by atoms with Crippen molar-refractivity contribution in [3.05, 3.63) is 35.1 Å². The van der Waals surface area contributed by atoms with Crippen molar-refractivity contribution in [2.24, 2.45) is 0 Å². The number of likely N-dealkylation sites (tertiary alicyclic amines) is 1. The fourth-order valence-electron chi connectivity index (χ4n) is 2.69. The summed E-state index contributed by atoms with van der Waals surface area (Å²) in [5.74, 6) is 0.229. The van der Waals surface area contributed by atoms with Crippen LogP contribution in [-0.4, -0.2) is 45.9 Å². The van der Waals surface area contributed by atoms with Gasteiger partial charge in [0.15, 0.2) is 4.34 Å². The number of hydrogen-bond acceptors (Lipinski definition) is 6. The van der Waals surface area contributed by atoms with Gasteiger partial charge >= 0.3 is 0 Å². The van der Waals surface area contributed by atoms with E-state index >= 15 is 0 Å². The first-order valence-corrected chi connectivity index (χ1v) is 9.63. The Labute approximate surface area is 148 Å². The van der Waals surface area contributed by atoms with Crippen LogP contribution < -0.4 is 5.32 Å². The second kappa shape index (κ2) is 7.94. The standard InChI is InChI=1S/C16H19FN4OS2/c1-11-19-20-16(24-11)23-10-15(22)21-7-3-6-14(9-21)18-13-5-2-4-12(17)8-13/h2,4-5,8,14,18H,3,6-7,9-10H2,1H3/t14-/m1/s1. The minimum absolute atomic E-state index is 0.110. The fourth-order valence-corrected chi connectivity index (χ4v) is 4.41. The van der Waals surface area contributed by atoms with Gasteiger partial charge in [0.25, 0.3) is 0 Å². The van der Waals surface area contributed by atoms with Crippen LogP contribution in [0.4, 0.5) is 10.1 Å². The van der Waals surface area contributed by atoms with Gasteiger partial charge in [-0.15, -0.1) is 10.2 Å². The Bertz CT molecular complexity index is 709. The molecule has 128 valence electrons. The maximum Gasteiger partial charge on any atom is 0.233 e. The van der Waals surface area contributed by atoms with Crippen LogP contribution in [0.2, 0.25) is 0 Å². The smallest absolute Gasteiger partial charge is 0.233 e. The molecule has 1 N–H and O–H groups in total. The van der Waals surface area contributed by atoms with Gasteiger partial charge in [0.05, 0.1) is 5.75 Å². The summed E-state index contributed by atoms with van der Waals surface area (Å²) in [7, 11) is 0. The first-order valence-electron chi connectivity index (χ1n) is 7.83. The Hall–Kier alpha value is -1.67. The van der Waals surface area contributed by atoms with Gasteiger partial charge in [-0.25, -0.2) is 4.39 Å². The highest BCUT2D eigenvalue weighted by molar-refractivity contribution is 8.01. The van der Waals surface area contributed by atoms with E-state index in [1.807, 2.05) is 17.9 Å². The van der Waals surface area contributed by atoms with Crippen LogP contribution in [0.25, 0.3) is 0 Å². The van der Waals surface area contributed by atoms with Crippen molar-refractivity contribution < 1.29 is 9.18 Å². The number of carbonyl (C=O) groups excluding carboxylic acids is 1. The lowest BCUT2D eigenvalue weighted by Gasteiger charge is -2.33. The predicted molar refractivity (Wildman–Crippen MR) is 95.0 cm³/mol. The van der Waals surface area contributed by atoms with Gasteiger partial charge in [-0.05, 0) is 38.0 Å². The van der Waals surface area contributed by atoms with Crippen LogP contribution >= 0.6 is 23.1 Å². The second-order valence-electron chi connectivity index (χ2n) is 5.71. The van der Waals surface area contributed by atoms with Gasteiger partial charge < -0.3 is 10.2 Å². The quantitative estimate of drug-likeness (QED) is 0.824. The number of thioether (sulfide) groups is 1. The van der Waals surface area contributed by atoms with E-state index in [0.717, 1.165) is 34.4 Å². The number of benzene rings is 1. The van der Waals surface area contributed by atoms with Gasteiger partial charge in [-0.3, -0.25) is 4.79 Å². The Morgan fingerprint density at radius 3 is 3.12 bits per heavy atom. The molecule has 1 aliphatic heterocycles. The van der Waals surface area contributed by atoms with Gasteiger partial charge in [-0.2, -0.15) is 0 Å². The molecule has 8 heteroatoms. The minimum atomic E-state index is -0.257. The molecule has 0 spiro atoms. The number of rotatable bonds is 5. The molecule has 0 aliphatic carbocycles. The number of amides is 1. The lowest BCUT2D eigenvalue weighted by molar-refractivity contribution is -0.129. The van der Waals surface area contributed by atoms with Crippen LogP contribution in [0.3, 0.4) is 0 Å². The summed E-state index contributed by atoms with van der Waals surface area (Å²) in [5.41, 5.74) is 0.757. The lowest BCUT2D eigenvalue weighted by Crippen LogP contribution is -2.45. The van der Waals surface area contributed by atoms with Crippen LogP contribution in [0, 0.1) is 12.7 Å². The number of halogens is 1. The van der Waals surface area contributed by atoms with Crippen molar-refractivity contribution in [1.82, 2.24) is 15.1 Å². The summed E-state index contributed by atoms with van der Waals surface area (Å²) in [4.78, 5) is 14.3. The molecule has 3 rings (SSSR count). The van der Waals surface area contributed by atoms with E-state index in [1.165, 1.54) is 35.2 Å². The summed E-state index contributed by atoms with van der Waals surface area (Å²) in [6.07, 6.45) is 1.92. The highest BCUT2D eigenvalue weighted by Gasteiger charge is 2.23. The molecule has 24 heavy (non-hydrogen) atoms. The number of nitrogens with zero attached hydrogens (tertiary/aromatic N) is 3. The van der Waals surface area contributed by atoms with Crippen LogP contribution in [0.5, 0.6) is 0 Å². The third-order valence-electron chi connectivity index (χ3n) is 3.80. The largest absolute Gasteiger partial charge is 0.380 e. The molecule has 0 radical (unpaired) electrons. The second-order valence-corrected chi connectivity index (χ2v) is 8.11. The third kappa shape index (κ3) is 4.67. The van der Waals surface area contributed by atoms with Crippen LogP contribution in [-0.2, 0) is 4.79 Å². The van der Waals surface area contributed by atoms with E-state index in [4.69, 9.17) is 0 Å². The predicted octanol–water partition coefficient (Wildman–Crippen LogP) is 3.18. The Balaban J connectivity index is 1.51. The number of nitrogens with one attached hydrogen (secondary N) is 1. The van der Waals surface area contributed by atoms with Crippen molar-refractivity contribution in [3.8, 4) is 0 Å². The molecular weight excluding hydrogens is 347 g/mol. The van der Waals surface area contributed by atoms with Gasteiger partial charge in [-0.1, -0.05) is 29.2 Å². The van der Waals surface area contributed by atoms with Crippen molar-refractivity contribution >= 4 is 34.7 Å². The van der Waals surface area contributed by atoms with Gasteiger partial charge in [0, 0.05) is 24.8 Å². The molecule has 1 fully saturated rings. The van der Waals surface area contributed by atoms with E-state index in [2.05, 4.69) is 15.5 Å². The van der Waals surface area contributed by atoms with Crippen LogP contribution in [0.15, 0.2) is 28.6 Å². The fraction of sp³-hybridized carbons (Fsp3) is 0.438. The van der Waals surface area contributed by atoms with E-state index in [-0.39, 0.29) is 17.8 Å². The molecule has 1 aromatic carbocycles. The first-order chi connectivity index (χ1) is 11.6. The maximum absolute atomic E-state index is 13.3. The molecule has 1 aromatic heterocycles. The molecule has 0 unspecified atom stereocenters. The van der Waals surface area contributed by atoms with Gasteiger partial charge in [0.2, 0.25) is 5.91 Å². The summed E-state index contributed by atoms with van der Waals surface area (Å²) < 4.78 is 14.1. The van der Waals surface area contributed by atoms with Crippen molar-refractivity contribution in [2.45, 2.75) is 30.1 Å². The Kier molecular flexibility index (Phi) is 5.68. The molecule has 0 bridgehead atoms. The summed E-state index contributed by atoms with van der Waals surface area (Å²) in [6, 6.07) is 6.59. The van der Waals surface area contributed by atoms with Crippen LogP contribution in [0.1, 0.15) is 17.8 Å². The van der Waals surface area contributed by atoms with Crippen molar-refractivity contribution in [3.63, 3.8) is 0 Å². The molecule has 1 saturated heterocycles. The lowest BCUT2D eigenvalue weighted by atomic mass is 10.1. The number of piperidine rings is 1. The minimum Gasteiger partial charge on any atom is -0.380 e. The van der Waals surface area contributed by atoms with E-state index in [0.29, 0.717) is 12.3 Å². The first kappa shape index (κ1) is 17.2. The zero-order valence-electron chi connectivity index (χ0n) is 13.4. The zero-order valence-corrected chi connectivity index (χ0v) is 15.0. The monoisotopic (exact) mass is 366 g/mol. The summed E-state index contributed by atoms with van der Waals surface area (Å²) in [6.45, 7) is 3.32. The molecule has 2 heterocycles. The highest BCUT2D eigenvalue weighted by Crippen LogP contribution is 2.23. The molecule has 2 aromatic rings. The topological polar surface area (TPSA) is 58.1 Å². The van der Waals surface area contributed by atoms with E-state index in [1.54, 1.807) is 6.07 Å². The maximum atomic E-state index is 13.3.